The summed E-state index contributed by atoms with van der Waals surface area (Å²) in [7, 11) is 0. The van der Waals surface area contributed by atoms with E-state index >= 15 is 0 Å². The van der Waals surface area contributed by atoms with Gasteiger partial charge in [0.15, 0.2) is 0 Å². The molecule has 0 unspecified atom stereocenters. The van der Waals surface area contributed by atoms with Gasteiger partial charge in [-0.2, -0.15) is 0 Å². The standard InChI is InChI=1S/C17H20N4O3.ClH/c22-15(20-9-11-7-18-8-12(11)10-20)5-6-21-14-4-2-1-3-13(14)16(23)19-17(21)24;/h1-4,11-12,18H,5-10H2,(H,19,23,24);1H/t11-,12+;. The third-order valence-electron chi connectivity index (χ3n) is 5.20. The summed E-state index contributed by atoms with van der Waals surface area (Å²) in [5, 5.41) is 3.82. The molecule has 7 nitrogen and oxygen atoms in total. The van der Waals surface area contributed by atoms with E-state index in [0.29, 0.717) is 22.7 Å². The average Bonchev–Trinajstić information content (AvgIpc) is 3.16. The van der Waals surface area contributed by atoms with Crippen molar-refractivity contribution in [3.8, 4) is 0 Å². The van der Waals surface area contributed by atoms with Crippen LogP contribution in [0, 0.1) is 11.8 Å². The number of fused-ring (bicyclic) bond motifs is 2. The van der Waals surface area contributed by atoms with Crippen molar-refractivity contribution >= 4 is 29.2 Å². The molecule has 4 rings (SSSR count). The van der Waals surface area contributed by atoms with Crippen molar-refractivity contribution in [1.82, 2.24) is 19.8 Å². The third kappa shape index (κ3) is 3.21. The van der Waals surface area contributed by atoms with Crippen LogP contribution in [0.5, 0.6) is 0 Å². The molecule has 25 heavy (non-hydrogen) atoms. The number of para-hydroxylation sites is 1. The number of hydrogen-bond acceptors (Lipinski definition) is 4. The van der Waals surface area contributed by atoms with Gasteiger partial charge in [-0.25, -0.2) is 4.79 Å². The number of halogens is 1. The largest absolute Gasteiger partial charge is 0.342 e. The number of aryl methyl sites for hydroxylation is 1. The van der Waals surface area contributed by atoms with Gasteiger partial charge in [0.05, 0.1) is 10.9 Å². The molecular formula is C17H21ClN4O3. The zero-order chi connectivity index (χ0) is 16.7. The number of hydrogen-bond donors (Lipinski definition) is 2. The zero-order valence-corrected chi connectivity index (χ0v) is 14.6. The van der Waals surface area contributed by atoms with E-state index in [1.165, 1.54) is 4.57 Å². The molecule has 0 saturated carbocycles. The Morgan fingerprint density at radius 2 is 1.80 bits per heavy atom. The number of aromatic amines is 1. The Morgan fingerprint density at radius 1 is 1.12 bits per heavy atom. The van der Waals surface area contributed by atoms with Gasteiger partial charge in [0.2, 0.25) is 5.91 Å². The highest BCUT2D eigenvalue weighted by molar-refractivity contribution is 5.85. The van der Waals surface area contributed by atoms with Crippen molar-refractivity contribution in [2.45, 2.75) is 13.0 Å². The second-order valence-corrected chi connectivity index (χ2v) is 6.66. The second-order valence-electron chi connectivity index (χ2n) is 6.66. The van der Waals surface area contributed by atoms with E-state index in [1.54, 1.807) is 24.3 Å². The highest BCUT2D eigenvalue weighted by Crippen LogP contribution is 2.26. The van der Waals surface area contributed by atoms with Gasteiger partial charge in [0.1, 0.15) is 0 Å². The van der Waals surface area contributed by atoms with Gasteiger partial charge >= 0.3 is 5.69 Å². The first-order chi connectivity index (χ1) is 11.6. The van der Waals surface area contributed by atoms with Gasteiger partial charge in [0.25, 0.3) is 5.56 Å². The number of likely N-dealkylation sites (tertiary alicyclic amines) is 1. The summed E-state index contributed by atoms with van der Waals surface area (Å²) in [5.74, 6) is 1.20. The zero-order valence-electron chi connectivity index (χ0n) is 13.7. The van der Waals surface area contributed by atoms with Crippen molar-refractivity contribution in [3.05, 3.63) is 45.1 Å². The normalized spacial score (nSPS) is 22.0. The predicted molar refractivity (Wildman–Crippen MR) is 97.1 cm³/mol. The Balaban J connectivity index is 0.00000182. The lowest BCUT2D eigenvalue weighted by atomic mass is 10.0. The fourth-order valence-corrected chi connectivity index (χ4v) is 3.89. The average molecular weight is 365 g/mol. The third-order valence-corrected chi connectivity index (χ3v) is 5.20. The summed E-state index contributed by atoms with van der Waals surface area (Å²) in [6, 6.07) is 6.96. The molecule has 0 bridgehead atoms. The highest BCUT2D eigenvalue weighted by atomic mass is 35.5. The molecule has 0 aliphatic carbocycles. The first kappa shape index (κ1) is 17.7. The molecule has 134 valence electrons. The fourth-order valence-electron chi connectivity index (χ4n) is 3.89. The highest BCUT2D eigenvalue weighted by Gasteiger charge is 2.37. The summed E-state index contributed by atoms with van der Waals surface area (Å²) in [4.78, 5) is 40.7. The molecular weight excluding hydrogens is 344 g/mol. The first-order valence-corrected chi connectivity index (χ1v) is 8.34. The van der Waals surface area contributed by atoms with Crippen LogP contribution in [0.4, 0.5) is 0 Å². The molecule has 2 aromatic rings. The number of carbonyl (C=O) groups excluding carboxylic acids is 1. The Labute approximate surface area is 150 Å². The number of amides is 1. The molecule has 2 saturated heterocycles. The summed E-state index contributed by atoms with van der Waals surface area (Å²) in [6.07, 6.45) is 0.267. The molecule has 2 aliphatic heterocycles. The molecule has 2 fully saturated rings. The van der Waals surface area contributed by atoms with Crippen molar-refractivity contribution in [2.24, 2.45) is 11.8 Å². The van der Waals surface area contributed by atoms with Crippen LogP contribution in [0.15, 0.2) is 33.9 Å². The monoisotopic (exact) mass is 364 g/mol. The topological polar surface area (TPSA) is 87.2 Å². The molecule has 3 heterocycles. The van der Waals surface area contributed by atoms with Crippen LogP contribution in [0.1, 0.15) is 6.42 Å². The SMILES string of the molecule is Cl.O=C(CCn1c(=O)[nH]c(=O)c2ccccc21)N1C[C@H]2CNC[C@H]2C1. The maximum absolute atomic E-state index is 12.5. The molecule has 1 aromatic heterocycles. The minimum atomic E-state index is -0.464. The maximum Gasteiger partial charge on any atom is 0.328 e. The quantitative estimate of drug-likeness (QED) is 0.813. The van der Waals surface area contributed by atoms with E-state index in [2.05, 4.69) is 10.3 Å². The number of carbonyl (C=O) groups is 1. The molecule has 2 atom stereocenters. The smallest absolute Gasteiger partial charge is 0.328 e. The van der Waals surface area contributed by atoms with Crippen molar-refractivity contribution in [1.29, 1.82) is 0 Å². The molecule has 0 radical (unpaired) electrons. The van der Waals surface area contributed by atoms with E-state index < -0.39 is 11.2 Å². The first-order valence-electron chi connectivity index (χ1n) is 8.34. The van der Waals surface area contributed by atoms with Crippen LogP contribution in [-0.2, 0) is 11.3 Å². The Hall–Kier alpha value is -2.12. The van der Waals surface area contributed by atoms with Crippen molar-refractivity contribution in [3.63, 3.8) is 0 Å². The minimum absolute atomic E-state index is 0. The minimum Gasteiger partial charge on any atom is -0.342 e. The molecule has 2 aliphatic rings. The van der Waals surface area contributed by atoms with E-state index in [1.807, 2.05) is 4.90 Å². The molecule has 8 heteroatoms. The number of rotatable bonds is 3. The number of H-pyrrole nitrogens is 1. The molecule has 1 aromatic carbocycles. The van der Waals surface area contributed by atoms with Crippen molar-refractivity contribution < 1.29 is 4.79 Å². The second kappa shape index (κ2) is 7.01. The molecule has 1 amide bonds. The number of nitrogens with zero attached hydrogens (tertiary/aromatic N) is 2. The van der Waals surface area contributed by atoms with E-state index in [-0.39, 0.29) is 31.3 Å². The van der Waals surface area contributed by atoms with E-state index in [4.69, 9.17) is 0 Å². The number of benzene rings is 1. The lowest BCUT2D eigenvalue weighted by Gasteiger charge is -2.18. The van der Waals surface area contributed by atoms with Crippen LogP contribution < -0.4 is 16.6 Å². The van der Waals surface area contributed by atoms with Crippen LogP contribution in [-0.4, -0.2) is 46.5 Å². The van der Waals surface area contributed by atoms with Gasteiger partial charge in [-0.1, -0.05) is 12.1 Å². The Kier molecular flexibility index (Phi) is 4.96. The van der Waals surface area contributed by atoms with E-state index in [9.17, 15) is 14.4 Å². The van der Waals surface area contributed by atoms with Crippen LogP contribution in [0.3, 0.4) is 0 Å². The predicted octanol–water partition coefficient (Wildman–Crippen LogP) is 0.180. The molecule has 2 N–H and O–H groups in total. The van der Waals surface area contributed by atoms with Crippen LogP contribution in [0.2, 0.25) is 0 Å². The number of nitrogens with one attached hydrogen (secondary N) is 2. The van der Waals surface area contributed by atoms with Gasteiger partial charge < -0.3 is 10.2 Å². The van der Waals surface area contributed by atoms with Gasteiger partial charge in [0, 0.05) is 39.1 Å². The summed E-state index contributed by atoms with van der Waals surface area (Å²) >= 11 is 0. The van der Waals surface area contributed by atoms with E-state index in [0.717, 1.165) is 26.2 Å². The lowest BCUT2D eigenvalue weighted by Crippen LogP contribution is -2.35. The van der Waals surface area contributed by atoms with Crippen LogP contribution >= 0.6 is 12.4 Å². The van der Waals surface area contributed by atoms with Gasteiger partial charge in [-0.15, -0.1) is 12.4 Å². The summed E-state index contributed by atoms with van der Waals surface area (Å²) in [6.45, 7) is 3.85. The molecule has 0 spiro atoms. The Bertz CT molecular complexity index is 895. The number of aromatic nitrogens is 2. The summed E-state index contributed by atoms with van der Waals surface area (Å²) < 4.78 is 1.48. The maximum atomic E-state index is 12.5. The van der Waals surface area contributed by atoms with Gasteiger partial charge in [-0.05, 0) is 24.0 Å². The Morgan fingerprint density at radius 3 is 2.52 bits per heavy atom. The van der Waals surface area contributed by atoms with Crippen molar-refractivity contribution in [2.75, 3.05) is 26.2 Å². The lowest BCUT2D eigenvalue weighted by molar-refractivity contribution is -0.130. The van der Waals surface area contributed by atoms with Gasteiger partial charge in [-0.3, -0.25) is 19.1 Å². The summed E-state index contributed by atoms with van der Waals surface area (Å²) in [5.41, 5.74) is -0.284. The fraction of sp³-hybridized carbons (Fsp3) is 0.471. The van der Waals surface area contributed by atoms with Crippen LogP contribution in [0.25, 0.3) is 10.9 Å².